The molecule has 0 saturated heterocycles. The highest BCUT2D eigenvalue weighted by Gasteiger charge is 2.09. The lowest BCUT2D eigenvalue weighted by molar-refractivity contribution is -0.116. The Morgan fingerprint density at radius 1 is 1.28 bits per heavy atom. The molecule has 0 atom stereocenters. The monoisotopic (exact) mass is 251 g/mol. The van der Waals surface area contributed by atoms with Gasteiger partial charge in [0.1, 0.15) is 5.75 Å². The smallest absolute Gasteiger partial charge is 0.335 e. The van der Waals surface area contributed by atoms with Crippen LogP contribution in [0.1, 0.15) is 43.0 Å². The number of aromatic hydroxyl groups is 1. The van der Waals surface area contributed by atoms with Crippen molar-refractivity contribution in [3.63, 3.8) is 0 Å². The third-order valence-corrected chi connectivity index (χ3v) is 2.53. The molecule has 0 heterocycles. The van der Waals surface area contributed by atoms with Gasteiger partial charge in [0, 0.05) is 6.42 Å². The van der Waals surface area contributed by atoms with E-state index >= 15 is 0 Å². The Hall–Kier alpha value is -2.04. The zero-order valence-electron chi connectivity index (χ0n) is 10.3. The largest absolute Gasteiger partial charge is 0.506 e. The van der Waals surface area contributed by atoms with Crippen molar-refractivity contribution in [1.29, 1.82) is 0 Å². The average Bonchev–Trinajstić information content (AvgIpc) is 2.32. The minimum Gasteiger partial charge on any atom is -0.506 e. The molecule has 0 fully saturated rings. The normalized spacial score (nSPS) is 10.1. The van der Waals surface area contributed by atoms with Gasteiger partial charge in [-0.3, -0.25) is 4.79 Å². The van der Waals surface area contributed by atoms with E-state index in [1.807, 2.05) is 6.92 Å². The van der Waals surface area contributed by atoms with Gasteiger partial charge in [-0.15, -0.1) is 0 Å². The van der Waals surface area contributed by atoms with E-state index in [1.165, 1.54) is 12.1 Å². The predicted molar refractivity (Wildman–Crippen MR) is 67.8 cm³/mol. The zero-order chi connectivity index (χ0) is 13.5. The summed E-state index contributed by atoms with van der Waals surface area (Å²) < 4.78 is 0. The number of rotatable bonds is 6. The highest BCUT2D eigenvalue weighted by atomic mass is 16.4. The van der Waals surface area contributed by atoms with Crippen molar-refractivity contribution in [3.8, 4) is 5.75 Å². The van der Waals surface area contributed by atoms with E-state index in [0.29, 0.717) is 6.42 Å². The molecule has 3 N–H and O–H groups in total. The molecule has 1 amide bonds. The van der Waals surface area contributed by atoms with Crippen LogP contribution >= 0.6 is 0 Å². The number of carboxylic acids is 1. The van der Waals surface area contributed by atoms with Crippen molar-refractivity contribution in [1.82, 2.24) is 0 Å². The molecular formula is C13H17NO4. The van der Waals surface area contributed by atoms with E-state index in [0.717, 1.165) is 25.3 Å². The van der Waals surface area contributed by atoms with Crippen LogP contribution in [0.15, 0.2) is 18.2 Å². The van der Waals surface area contributed by atoms with Gasteiger partial charge in [0.05, 0.1) is 11.3 Å². The van der Waals surface area contributed by atoms with Crippen LogP contribution in [0.25, 0.3) is 0 Å². The summed E-state index contributed by atoms with van der Waals surface area (Å²) in [6, 6.07) is 3.84. The number of unbranched alkanes of at least 4 members (excludes halogenated alkanes) is 2. The van der Waals surface area contributed by atoms with Crippen molar-refractivity contribution < 1.29 is 19.8 Å². The van der Waals surface area contributed by atoms with Crippen LogP contribution in [0.3, 0.4) is 0 Å². The summed E-state index contributed by atoms with van der Waals surface area (Å²) in [7, 11) is 0. The lowest BCUT2D eigenvalue weighted by atomic mass is 10.1. The number of carboxylic acid groups (broad SMARTS) is 1. The SMILES string of the molecule is CCCCCC(=O)Nc1ccc(C(=O)O)cc1O. The van der Waals surface area contributed by atoms with Crippen LogP contribution in [-0.4, -0.2) is 22.1 Å². The molecule has 0 radical (unpaired) electrons. The van der Waals surface area contributed by atoms with Crippen molar-refractivity contribution in [2.24, 2.45) is 0 Å². The maximum atomic E-state index is 11.5. The Bertz CT molecular complexity index is 443. The Balaban J connectivity index is 2.62. The molecule has 5 nitrogen and oxygen atoms in total. The van der Waals surface area contributed by atoms with Gasteiger partial charge in [0.2, 0.25) is 5.91 Å². The number of amides is 1. The lowest BCUT2D eigenvalue weighted by Crippen LogP contribution is -2.11. The Morgan fingerprint density at radius 2 is 2.00 bits per heavy atom. The quantitative estimate of drug-likeness (QED) is 0.535. The molecule has 1 aromatic rings. The van der Waals surface area contributed by atoms with Gasteiger partial charge in [-0.05, 0) is 24.6 Å². The van der Waals surface area contributed by atoms with Crippen LogP contribution in [0, 0.1) is 0 Å². The topological polar surface area (TPSA) is 86.6 Å². The second-order valence-corrected chi connectivity index (χ2v) is 4.04. The number of phenolic OH excluding ortho intramolecular Hbond substituents is 1. The van der Waals surface area contributed by atoms with Gasteiger partial charge in [-0.2, -0.15) is 0 Å². The number of nitrogens with one attached hydrogen (secondary N) is 1. The van der Waals surface area contributed by atoms with Gasteiger partial charge >= 0.3 is 5.97 Å². The first kappa shape index (κ1) is 14.0. The molecule has 18 heavy (non-hydrogen) atoms. The fraction of sp³-hybridized carbons (Fsp3) is 0.385. The number of anilines is 1. The molecule has 0 aliphatic rings. The summed E-state index contributed by atoms with van der Waals surface area (Å²) in [6.07, 6.45) is 3.22. The minimum absolute atomic E-state index is 0.0171. The maximum absolute atomic E-state index is 11.5. The van der Waals surface area contributed by atoms with E-state index in [9.17, 15) is 14.7 Å². The third kappa shape index (κ3) is 4.08. The van der Waals surface area contributed by atoms with E-state index in [-0.39, 0.29) is 22.9 Å². The van der Waals surface area contributed by atoms with Crippen LogP contribution in [0.2, 0.25) is 0 Å². The summed E-state index contributed by atoms with van der Waals surface area (Å²) in [4.78, 5) is 22.2. The molecule has 98 valence electrons. The molecular weight excluding hydrogens is 234 g/mol. The van der Waals surface area contributed by atoms with E-state index in [2.05, 4.69) is 5.32 Å². The summed E-state index contributed by atoms with van der Waals surface area (Å²) >= 11 is 0. The summed E-state index contributed by atoms with van der Waals surface area (Å²) in [6.45, 7) is 2.05. The maximum Gasteiger partial charge on any atom is 0.335 e. The van der Waals surface area contributed by atoms with Crippen molar-refractivity contribution in [2.75, 3.05) is 5.32 Å². The number of carbonyl (C=O) groups excluding carboxylic acids is 1. The molecule has 0 spiro atoms. The molecule has 0 unspecified atom stereocenters. The summed E-state index contributed by atoms with van der Waals surface area (Å²) in [5, 5.41) is 20.9. The lowest BCUT2D eigenvalue weighted by Gasteiger charge is -2.07. The fourth-order valence-corrected chi connectivity index (χ4v) is 1.52. The second kappa shape index (κ2) is 6.64. The van der Waals surface area contributed by atoms with Crippen LogP contribution < -0.4 is 5.32 Å². The minimum atomic E-state index is -1.12. The molecule has 0 aromatic heterocycles. The van der Waals surface area contributed by atoms with Gasteiger partial charge in [-0.25, -0.2) is 4.79 Å². The van der Waals surface area contributed by atoms with Crippen molar-refractivity contribution in [3.05, 3.63) is 23.8 Å². The van der Waals surface area contributed by atoms with Gasteiger partial charge in [0.15, 0.2) is 0 Å². The van der Waals surface area contributed by atoms with Crippen molar-refractivity contribution in [2.45, 2.75) is 32.6 Å². The van der Waals surface area contributed by atoms with Gasteiger partial charge in [-0.1, -0.05) is 19.8 Å². The summed E-state index contributed by atoms with van der Waals surface area (Å²) in [5.74, 6) is -1.54. The number of hydrogen-bond acceptors (Lipinski definition) is 3. The number of carbonyl (C=O) groups is 2. The molecule has 0 aliphatic heterocycles. The molecule has 1 aromatic carbocycles. The Labute approximate surface area is 105 Å². The first-order valence-electron chi connectivity index (χ1n) is 5.90. The standard InChI is InChI=1S/C13H17NO4/c1-2-3-4-5-12(16)14-10-7-6-9(13(17)18)8-11(10)15/h6-8,15H,2-5H2,1H3,(H,14,16)(H,17,18). The molecule has 0 saturated carbocycles. The van der Waals surface area contributed by atoms with Gasteiger partial charge in [0.25, 0.3) is 0 Å². The third-order valence-electron chi connectivity index (χ3n) is 2.53. The van der Waals surface area contributed by atoms with Crippen molar-refractivity contribution >= 4 is 17.6 Å². The zero-order valence-corrected chi connectivity index (χ0v) is 10.3. The molecule has 0 aliphatic carbocycles. The van der Waals surface area contributed by atoms with E-state index in [1.54, 1.807) is 0 Å². The van der Waals surface area contributed by atoms with Crippen LogP contribution in [-0.2, 0) is 4.79 Å². The second-order valence-electron chi connectivity index (χ2n) is 4.04. The molecule has 5 heteroatoms. The van der Waals surface area contributed by atoms with E-state index in [4.69, 9.17) is 5.11 Å². The highest BCUT2D eigenvalue weighted by Crippen LogP contribution is 2.24. The van der Waals surface area contributed by atoms with E-state index < -0.39 is 5.97 Å². The molecule has 1 rings (SSSR count). The number of hydrogen-bond donors (Lipinski definition) is 3. The highest BCUT2D eigenvalue weighted by molar-refractivity contribution is 5.94. The Kier molecular flexibility index (Phi) is 5.17. The van der Waals surface area contributed by atoms with Crippen LogP contribution in [0.5, 0.6) is 5.75 Å². The first-order valence-corrected chi connectivity index (χ1v) is 5.90. The average molecular weight is 251 g/mol. The Morgan fingerprint density at radius 3 is 2.56 bits per heavy atom. The fourth-order valence-electron chi connectivity index (χ4n) is 1.52. The van der Waals surface area contributed by atoms with Gasteiger partial charge < -0.3 is 15.5 Å². The predicted octanol–water partition coefficient (Wildman–Crippen LogP) is 2.61. The summed E-state index contributed by atoms with van der Waals surface area (Å²) in [5.41, 5.74) is 0.220. The first-order chi connectivity index (χ1) is 8.54. The number of phenols is 1. The number of aromatic carboxylic acids is 1. The number of benzene rings is 1. The van der Waals surface area contributed by atoms with Crippen LogP contribution in [0.4, 0.5) is 5.69 Å². The molecule has 0 bridgehead atoms.